The van der Waals surface area contributed by atoms with Gasteiger partial charge in [0.15, 0.2) is 0 Å². The molecule has 1 aliphatic heterocycles. The fourth-order valence-corrected chi connectivity index (χ4v) is 5.06. The second-order valence-electron chi connectivity index (χ2n) is 8.51. The SMILES string of the molecule is COc1cccc(C[C@]2(O)C[C@H]3CN(CC(O)c4ccc(O)cc4)C[C@H]3C2)c1. The molecule has 1 saturated carbocycles. The van der Waals surface area contributed by atoms with Gasteiger partial charge < -0.3 is 20.1 Å². The van der Waals surface area contributed by atoms with Crippen LogP contribution in [0.2, 0.25) is 0 Å². The minimum absolute atomic E-state index is 0.210. The van der Waals surface area contributed by atoms with Crippen LogP contribution in [0.3, 0.4) is 0 Å². The first-order valence-electron chi connectivity index (χ1n) is 9.99. The Morgan fingerprint density at radius 1 is 1.11 bits per heavy atom. The Labute approximate surface area is 166 Å². The first-order chi connectivity index (χ1) is 13.4. The summed E-state index contributed by atoms with van der Waals surface area (Å²) >= 11 is 0. The summed E-state index contributed by atoms with van der Waals surface area (Å²) in [5.41, 5.74) is 1.29. The van der Waals surface area contributed by atoms with Gasteiger partial charge in [-0.3, -0.25) is 4.90 Å². The Morgan fingerprint density at radius 2 is 1.79 bits per heavy atom. The summed E-state index contributed by atoms with van der Waals surface area (Å²) in [7, 11) is 1.66. The maximum Gasteiger partial charge on any atom is 0.119 e. The van der Waals surface area contributed by atoms with Gasteiger partial charge in [-0.15, -0.1) is 0 Å². The highest BCUT2D eigenvalue weighted by Gasteiger charge is 2.48. The molecule has 4 rings (SSSR count). The minimum atomic E-state index is -0.649. The van der Waals surface area contributed by atoms with Crippen molar-refractivity contribution in [3.63, 3.8) is 0 Å². The smallest absolute Gasteiger partial charge is 0.119 e. The van der Waals surface area contributed by atoms with Crippen LogP contribution in [-0.4, -0.2) is 52.6 Å². The van der Waals surface area contributed by atoms with Crippen molar-refractivity contribution in [3.05, 3.63) is 59.7 Å². The number of benzene rings is 2. The van der Waals surface area contributed by atoms with Crippen LogP contribution in [0.5, 0.6) is 11.5 Å². The van der Waals surface area contributed by atoms with E-state index in [4.69, 9.17) is 4.74 Å². The molecule has 150 valence electrons. The molecule has 0 spiro atoms. The van der Waals surface area contributed by atoms with Crippen molar-refractivity contribution in [2.45, 2.75) is 31.0 Å². The van der Waals surface area contributed by atoms with Crippen molar-refractivity contribution in [2.24, 2.45) is 11.8 Å². The fourth-order valence-electron chi connectivity index (χ4n) is 5.06. The third-order valence-corrected chi connectivity index (χ3v) is 6.31. The van der Waals surface area contributed by atoms with E-state index in [9.17, 15) is 15.3 Å². The van der Waals surface area contributed by atoms with Crippen LogP contribution in [0.25, 0.3) is 0 Å². The predicted octanol–water partition coefficient (Wildman–Crippen LogP) is 2.75. The predicted molar refractivity (Wildman–Crippen MR) is 107 cm³/mol. The number of aromatic hydroxyl groups is 1. The number of aliphatic hydroxyl groups excluding tert-OH is 1. The average molecular weight is 383 g/mol. The summed E-state index contributed by atoms with van der Waals surface area (Å²) in [5.74, 6) is 1.99. The number of likely N-dealkylation sites (tertiary alicyclic amines) is 1. The Bertz CT molecular complexity index is 793. The number of nitrogens with zero attached hydrogens (tertiary/aromatic N) is 1. The highest BCUT2D eigenvalue weighted by molar-refractivity contribution is 5.30. The van der Waals surface area contributed by atoms with Crippen LogP contribution >= 0.6 is 0 Å². The Hall–Kier alpha value is -2.08. The lowest BCUT2D eigenvalue weighted by Gasteiger charge is -2.27. The summed E-state index contributed by atoms with van der Waals surface area (Å²) in [6, 6.07) is 14.7. The molecule has 28 heavy (non-hydrogen) atoms. The van der Waals surface area contributed by atoms with E-state index in [0.717, 1.165) is 42.8 Å². The standard InChI is InChI=1S/C23H29NO4/c1-28-21-4-2-3-16(9-21)10-23(27)11-18-13-24(14-19(18)12-23)15-22(26)17-5-7-20(25)8-6-17/h2-9,18-19,22,25-27H,10-15H2,1H3/t18-,19+,22?,23-. The number of hydrogen-bond donors (Lipinski definition) is 3. The molecule has 2 aromatic rings. The molecule has 0 bridgehead atoms. The normalized spacial score (nSPS) is 28.2. The maximum atomic E-state index is 11.2. The lowest BCUT2D eigenvalue weighted by molar-refractivity contribution is 0.0328. The topological polar surface area (TPSA) is 73.2 Å². The number of β-amino-alcohol motifs (C(OH)–C–C–N with tert-alkyl or cyclic N) is 1. The molecule has 3 N–H and O–H groups in total. The van der Waals surface area contributed by atoms with Crippen molar-refractivity contribution < 1.29 is 20.1 Å². The second-order valence-corrected chi connectivity index (χ2v) is 8.51. The van der Waals surface area contributed by atoms with Crippen LogP contribution in [0.15, 0.2) is 48.5 Å². The Morgan fingerprint density at radius 3 is 2.43 bits per heavy atom. The van der Waals surface area contributed by atoms with Gasteiger partial charge >= 0.3 is 0 Å². The third kappa shape index (κ3) is 4.17. The van der Waals surface area contributed by atoms with Crippen LogP contribution in [0, 0.1) is 11.8 Å². The number of phenolic OH excluding ortho intramolecular Hbond substituents is 1. The van der Waals surface area contributed by atoms with E-state index >= 15 is 0 Å². The van der Waals surface area contributed by atoms with Gasteiger partial charge in [-0.1, -0.05) is 24.3 Å². The van der Waals surface area contributed by atoms with Crippen LogP contribution in [0.4, 0.5) is 0 Å². The highest BCUT2D eigenvalue weighted by atomic mass is 16.5. The van der Waals surface area contributed by atoms with Gasteiger partial charge in [-0.2, -0.15) is 0 Å². The van der Waals surface area contributed by atoms with Gasteiger partial charge in [0.1, 0.15) is 11.5 Å². The number of hydrogen-bond acceptors (Lipinski definition) is 5. The summed E-state index contributed by atoms with van der Waals surface area (Å²) in [5, 5.41) is 31.0. The second kappa shape index (κ2) is 7.74. The van der Waals surface area contributed by atoms with Gasteiger partial charge in [0.05, 0.1) is 18.8 Å². The van der Waals surface area contributed by atoms with Gasteiger partial charge in [0.2, 0.25) is 0 Å². The number of phenols is 1. The molecule has 1 heterocycles. The van der Waals surface area contributed by atoms with E-state index in [1.165, 1.54) is 0 Å². The lowest BCUT2D eigenvalue weighted by Crippen LogP contribution is -2.33. The Balaban J connectivity index is 1.33. The molecule has 0 amide bonds. The molecule has 1 aliphatic carbocycles. The quantitative estimate of drug-likeness (QED) is 0.715. The summed E-state index contributed by atoms with van der Waals surface area (Å²) in [6.07, 6.45) is 1.71. The van der Waals surface area contributed by atoms with E-state index in [-0.39, 0.29) is 5.75 Å². The zero-order valence-corrected chi connectivity index (χ0v) is 16.3. The van der Waals surface area contributed by atoms with Gasteiger partial charge in [-0.25, -0.2) is 0 Å². The van der Waals surface area contributed by atoms with E-state index in [1.54, 1.807) is 31.4 Å². The number of rotatable bonds is 6. The molecule has 2 aliphatic rings. The van der Waals surface area contributed by atoms with Crippen molar-refractivity contribution in [1.82, 2.24) is 4.90 Å². The van der Waals surface area contributed by atoms with Crippen LogP contribution < -0.4 is 4.74 Å². The molecule has 0 aromatic heterocycles. The molecule has 4 atom stereocenters. The van der Waals surface area contributed by atoms with Crippen molar-refractivity contribution in [2.75, 3.05) is 26.7 Å². The van der Waals surface area contributed by atoms with Gasteiger partial charge in [0.25, 0.3) is 0 Å². The molecule has 1 unspecified atom stereocenters. The fraction of sp³-hybridized carbons (Fsp3) is 0.478. The van der Waals surface area contributed by atoms with Gasteiger partial charge in [0, 0.05) is 26.1 Å². The van der Waals surface area contributed by atoms with E-state index in [0.29, 0.717) is 24.8 Å². The lowest BCUT2D eigenvalue weighted by atomic mass is 9.91. The van der Waals surface area contributed by atoms with Crippen molar-refractivity contribution >= 4 is 0 Å². The highest BCUT2D eigenvalue weighted by Crippen LogP contribution is 2.45. The van der Waals surface area contributed by atoms with E-state index < -0.39 is 11.7 Å². The number of methoxy groups -OCH3 is 1. The molecule has 2 fully saturated rings. The minimum Gasteiger partial charge on any atom is -0.508 e. The van der Waals surface area contributed by atoms with Gasteiger partial charge in [-0.05, 0) is 60.1 Å². The molecule has 0 radical (unpaired) electrons. The van der Waals surface area contributed by atoms with Crippen molar-refractivity contribution in [3.8, 4) is 11.5 Å². The summed E-state index contributed by atoms with van der Waals surface area (Å²) < 4.78 is 5.29. The van der Waals surface area contributed by atoms with E-state index in [2.05, 4.69) is 11.0 Å². The number of aliphatic hydroxyl groups is 2. The monoisotopic (exact) mass is 383 g/mol. The van der Waals surface area contributed by atoms with E-state index in [1.807, 2.05) is 18.2 Å². The Kier molecular flexibility index (Phi) is 5.32. The molecular formula is C23H29NO4. The largest absolute Gasteiger partial charge is 0.508 e. The summed E-state index contributed by atoms with van der Waals surface area (Å²) in [6.45, 7) is 2.42. The number of fused-ring (bicyclic) bond motifs is 1. The molecular weight excluding hydrogens is 354 g/mol. The van der Waals surface area contributed by atoms with Crippen LogP contribution in [0.1, 0.15) is 30.1 Å². The van der Waals surface area contributed by atoms with Crippen molar-refractivity contribution in [1.29, 1.82) is 0 Å². The third-order valence-electron chi connectivity index (χ3n) is 6.31. The first-order valence-corrected chi connectivity index (χ1v) is 9.99. The average Bonchev–Trinajstić information content (AvgIpc) is 3.16. The first kappa shape index (κ1) is 19.2. The maximum absolute atomic E-state index is 11.2. The number of ether oxygens (including phenoxy) is 1. The zero-order chi connectivity index (χ0) is 19.7. The van der Waals surface area contributed by atoms with Crippen LogP contribution in [-0.2, 0) is 6.42 Å². The molecule has 5 heteroatoms. The zero-order valence-electron chi connectivity index (χ0n) is 16.3. The molecule has 5 nitrogen and oxygen atoms in total. The summed E-state index contributed by atoms with van der Waals surface area (Å²) in [4.78, 5) is 2.30. The molecule has 1 saturated heterocycles. The molecule has 2 aromatic carbocycles.